The molecule has 0 saturated heterocycles. The Morgan fingerprint density at radius 2 is 0.661 bits per heavy atom. The number of amides is 2. The largest absolute Gasteiger partial charge is 0.465 e. The van der Waals surface area contributed by atoms with Gasteiger partial charge in [-0.2, -0.15) is 87.8 Å². The number of carboxylic acid groups (broad SMARTS) is 2. The third-order valence-electron chi connectivity index (χ3n) is 10.3. The third kappa shape index (κ3) is 8.95. The first-order valence-corrected chi connectivity index (χ1v) is 16.5. The lowest BCUT2D eigenvalue weighted by molar-refractivity contribution is -0.413. The summed E-state index contributed by atoms with van der Waals surface area (Å²) in [4.78, 5) is 22.1. The van der Waals surface area contributed by atoms with Crippen molar-refractivity contribution in [1.82, 2.24) is 9.80 Å². The van der Waals surface area contributed by atoms with Crippen LogP contribution in [0, 0.1) is 11.8 Å². The molecule has 0 bridgehead atoms. The molecule has 0 unspecified atom stereocenters. The molecule has 348 valence electrons. The van der Waals surface area contributed by atoms with Gasteiger partial charge in [0.1, 0.15) is 0 Å². The fourth-order valence-electron chi connectivity index (χ4n) is 6.73. The predicted molar refractivity (Wildman–Crippen MR) is 147 cm³/mol. The van der Waals surface area contributed by atoms with E-state index in [1.165, 1.54) is 0 Å². The third-order valence-corrected chi connectivity index (χ3v) is 10.3. The molecule has 2 rings (SSSR count). The molecule has 59 heavy (non-hydrogen) atoms. The van der Waals surface area contributed by atoms with Crippen LogP contribution in [0.25, 0.3) is 0 Å². The summed E-state index contributed by atoms with van der Waals surface area (Å²) >= 11 is 0. The van der Waals surface area contributed by atoms with E-state index in [0.717, 1.165) is 0 Å². The molecule has 0 aromatic rings. The smallest absolute Gasteiger partial charge is 0.407 e. The fraction of sp³-hybridized carbons (Fsp3) is 0.931. The molecular formula is C29H30F24N2O4. The van der Waals surface area contributed by atoms with E-state index in [-0.39, 0.29) is 32.1 Å². The Hall–Kier alpha value is -3.14. The van der Waals surface area contributed by atoms with E-state index in [9.17, 15) is 125 Å². The van der Waals surface area contributed by atoms with Gasteiger partial charge < -0.3 is 10.2 Å². The maximum absolute atomic E-state index is 14.5. The Bertz CT molecular complexity index is 1350. The van der Waals surface area contributed by atoms with Gasteiger partial charge in [-0.05, 0) is 69.6 Å². The first kappa shape index (κ1) is 52.0. The van der Waals surface area contributed by atoms with E-state index in [2.05, 4.69) is 0 Å². The zero-order valence-electron chi connectivity index (χ0n) is 28.9. The number of hydrogen-bond acceptors (Lipinski definition) is 2. The minimum absolute atomic E-state index is 0.0152. The van der Waals surface area contributed by atoms with Crippen molar-refractivity contribution in [1.29, 1.82) is 0 Å². The number of hydrogen-bond donors (Lipinski definition) is 2. The van der Waals surface area contributed by atoms with E-state index < -0.39 is 157 Å². The minimum atomic E-state index is -7.90. The maximum Gasteiger partial charge on any atom is 0.407 e. The van der Waals surface area contributed by atoms with Crippen molar-refractivity contribution in [3.8, 4) is 0 Å². The highest BCUT2D eigenvalue weighted by molar-refractivity contribution is 5.66. The summed E-state index contributed by atoms with van der Waals surface area (Å²) in [6, 6.07) is -3.54. The highest BCUT2D eigenvalue weighted by atomic mass is 19.4. The van der Waals surface area contributed by atoms with Gasteiger partial charge in [0.15, 0.2) is 0 Å². The molecule has 2 amide bonds. The second kappa shape index (κ2) is 16.6. The number of alkyl halides is 24. The number of carbonyl (C=O) groups is 2. The van der Waals surface area contributed by atoms with Crippen LogP contribution in [-0.2, 0) is 0 Å². The van der Waals surface area contributed by atoms with Crippen LogP contribution in [0.4, 0.5) is 115 Å². The SMILES string of the molecule is O=C(O)N(CC(F)(F)C(F)(F)C(F)(F)C(F)(F)C(F)(F)C(F)F)C1CCC(CC2CCC(N(CC(F)(F)C(F)(F)C(F)(F)C(F)(F)C(F)(F)C(F)F)C(=O)O)CC2)CC1. The summed E-state index contributed by atoms with van der Waals surface area (Å²) in [5.41, 5.74) is 0. The summed E-state index contributed by atoms with van der Waals surface area (Å²) in [5, 5.41) is 18.7. The molecule has 2 saturated carbocycles. The number of nitrogens with zero attached hydrogens (tertiary/aromatic N) is 2. The topological polar surface area (TPSA) is 81.1 Å². The minimum Gasteiger partial charge on any atom is -0.465 e. The van der Waals surface area contributed by atoms with Gasteiger partial charge in [-0.1, -0.05) is 0 Å². The Labute approximate surface area is 314 Å². The molecule has 0 heterocycles. The Morgan fingerprint density at radius 3 is 0.864 bits per heavy atom. The zero-order valence-corrected chi connectivity index (χ0v) is 28.9. The lowest BCUT2D eigenvalue weighted by Crippen LogP contribution is -2.70. The summed E-state index contributed by atoms with van der Waals surface area (Å²) in [5.74, 6) is -75.5. The number of halogens is 24. The fourth-order valence-corrected chi connectivity index (χ4v) is 6.73. The van der Waals surface area contributed by atoms with Crippen LogP contribution in [0.5, 0.6) is 0 Å². The average molecular weight is 927 g/mol. The molecule has 30 heteroatoms. The Balaban J connectivity index is 2.12. The highest BCUT2D eigenvalue weighted by Gasteiger charge is 2.89. The Kier molecular flexibility index (Phi) is 14.6. The highest BCUT2D eigenvalue weighted by Crippen LogP contribution is 2.60. The second-order valence-electron chi connectivity index (χ2n) is 14.1. The van der Waals surface area contributed by atoms with Crippen molar-refractivity contribution in [2.24, 2.45) is 11.8 Å². The van der Waals surface area contributed by atoms with Gasteiger partial charge in [-0.3, -0.25) is 9.80 Å². The molecule has 0 aromatic heterocycles. The normalized spacial score (nSPS) is 22.8. The van der Waals surface area contributed by atoms with Gasteiger partial charge in [0.2, 0.25) is 0 Å². The van der Waals surface area contributed by atoms with E-state index >= 15 is 0 Å². The summed E-state index contributed by atoms with van der Waals surface area (Å²) < 4.78 is 326. The maximum atomic E-state index is 14.5. The molecule has 2 fully saturated rings. The molecule has 0 atom stereocenters. The summed E-state index contributed by atoms with van der Waals surface area (Å²) in [6.45, 7) is -6.07. The van der Waals surface area contributed by atoms with Gasteiger partial charge in [0.25, 0.3) is 0 Å². The van der Waals surface area contributed by atoms with Gasteiger partial charge in [0, 0.05) is 12.1 Å². The van der Waals surface area contributed by atoms with Gasteiger partial charge in [0.05, 0.1) is 13.1 Å². The van der Waals surface area contributed by atoms with Crippen LogP contribution in [0.1, 0.15) is 57.8 Å². The monoisotopic (exact) mass is 926 g/mol. The van der Waals surface area contributed by atoms with E-state index in [1.54, 1.807) is 0 Å². The summed E-state index contributed by atoms with van der Waals surface area (Å²) in [6.07, 6.45) is -19.7. The van der Waals surface area contributed by atoms with Crippen LogP contribution in [0.15, 0.2) is 0 Å². The zero-order chi connectivity index (χ0) is 46.6. The first-order chi connectivity index (χ1) is 26.1. The Morgan fingerprint density at radius 1 is 0.424 bits per heavy atom. The lowest BCUT2D eigenvalue weighted by Gasteiger charge is -2.43. The molecule has 2 N–H and O–H groups in total. The molecule has 6 nitrogen and oxygen atoms in total. The molecule has 0 radical (unpaired) electrons. The summed E-state index contributed by atoms with van der Waals surface area (Å²) in [7, 11) is 0. The van der Waals surface area contributed by atoms with Gasteiger partial charge >= 0.3 is 84.3 Å². The van der Waals surface area contributed by atoms with Gasteiger partial charge in [-0.25, -0.2) is 27.2 Å². The molecule has 2 aliphatic rings. The van der Waals surface area contributed by atoms with Crippen molar-refractivity contribution in [2.75, 3.05) is 13.1 Å². The standard InChI is InChI=1S/C29H30F24N2O4/c30-16(31)22(38,39)26(46,47)28(50,51)24(42,43)20(34,35)10-54(18(56)57)14-5-1-12(2-6-14)9-13-3-7-15(8-4-13)55(19(58)59)11-21(36,37)25(44,45)29(52,53)27(48,49)23(40,41)17(32)33/h12-17H,1-11H2,(H,56,57)(H,58,59). The van der Waals surface area contributed by atoms with Crippen LogP contribution in [0.3, 0.4) is 0 Å². The van der Waals surface area contributed by atoms with Crippen LogP contribution < -0.4 is 0 Å². The van der Waals surface area contributed by atoms with Crippen LogP contribution in [0.2, 0.25) is 0 Å². The molecule has 0 spiro atoms. The predicted octanol–water partition coefficient (Wildman–Crippen LogP) is 11.3. The molecule has 0 aliphatic heterocycles. The van der Waals surface area contributed by atoms with Crippen molar-refractivity contribution in [3.05, 3.63) is 0 Å². The van der Waals surface area contributed by atoms with Crippen LogP contribution >= 0.6 is 0 Å². The molecule has 2 aliphatic carbocycles. The van der Waals surface area contributed by atoms with Crippen molar-refractivity contribution in [2.45, 2.75) is 142 Å². The van der Waals surface area contributed by atoms with E-state index in [1.807, 2.05) is 0 Å². The second-order valence-corrected chi connectivity index (χ2v) is 14.1. The van der Waals surface area contributed by atoms with E-state index in [0.29, 0.717) is 0 Å². The molecular weight excluding hydrogens is 896 g/mol. The van der Waals surface area contributed by atoms with E-state index in [4.69, 9.17) is 0 Å². The van der Waals surface area contributed by atoms with Crippen molar-refractivity contribution in [3.63, 3.8) is 0 Å². The lowest BCUT2D eigenvalue weighted by atomic mass is 9.75. The quantitative estimate of drug-likeness (QED) is 0.134. The van der Waals surface area contributed by atoms with Crippen molar-refractivity contribution < 1.29 is 125 Å². The average Bonchev–Trinajstić information content (AvgIpc) is 3.09. The first-order valence-electron chi connectivity index (χ1n) is 16.5. The van der Waals surface area contributed by atoms with Crippen molar-refractivity contribution >= 4 is 12.2 Å². The molecule has 0 aromatic carbocycles. The van der Waals surface area contributed by atoms with Gasteiger partial charge in [-0.15, -0.1) is 0 Å². The van der Waals surface area contributed by atoms with Crippen LogP contribution in [-0.4, -0.2) is 129 Å². The number of rotatable bonds is 18.